The van der Waals surface area contributed by atoms with Crippen LogP contribution in [0.1, 0.15) is 11.1 Å². The van der Waals surface area contributed by atoms with Gasteiger partial charge >= 0.3 is 0 Å². The van der Waals surface area contributed by atoms with Crippen LogP contribution in [0.15, 0.2) is 60.7 Å². The van der Waals surface area contributed by atoms with Gasteiger partial charge in [0, 0.05) is 38.4 Å². The van der Waals surface area contributed by atoms with E-state index in [0.29, 0.717) is 6.54 Å². The first-order valence-corrected chi connectivity index (χ1v) is 9.22. The predicted molar refractivity (Wildman–Crippen MR) is 108 cm³/mol. The largest absolute Gasteiger partial charge is 0.325 e. The fraction of sp³-hybridized carbons (Fsp3) is 0.318. The van der Waals surface area contributed by atoms with Crippen molar-refractivity contribution in [3.05, 3.63) is 71.8 Å². The van der Waals surface area contributed by atoms with Gasteiger partial charge < -0.3 is 5.32 Å². The number of carbonyl (C=O) groups excluding carboxylic acids is 1. The van der Waals surface area contributed by atoms with Gasteiger partial charge in [-0.3, -0.25) is 14.6 Å². The van der Waals surface area contributed by atoms with Gasteiger partial charge in [-0.25, -0.2) is 0 Å². The van der Waals surface area contributed by atoms with Crippen LogP contribution in [0.5, 0.6) is 0 Å². The summed E-state index contributed by atoms with van der Waals surface area (Å²) in [5, 5.41) is 3.02. The summed E-state index contributed by atoms with van der Waals surface area (Å²) in [7, 11) is 0. The molecule has 0 spiro atoms. The molecule has 2 aromatic carbocycles. The van der Waals surface area contributed by atoms with Gasteiger partial charge in [-0.2, -0.15) is 0 Å². The number of amides is 1. The lowest BCUT2D eigenvalue weighted by Gasteiger charge is -2.33. The molecule has 1 aliphatic heterocycles. The fourth-order valence-electron chi connectivity index (χ4n) is 3.14. The zero-order chi connectivity index (χ0) is 18.2. The smallest absolute Gasteiger partial charge is 0.238 e. The number of hydrogen-bond acceptors (Lipinski definition) is 3. The van der Waals surface area contributed by atoms with E-state index in [2.05, 4.69) is 51.5 Å². The summed E-state index contributed by atoms with van der Waals surface area (Å²) in [6.45, 7) is 7.28. The molecule has 4 heteroatoms. The Morgan fingerprint density at radius 2 is 1.62 bits per heavy atom. The van der Waals surface area contributed by atoms with Crippen molar-refractivity contribution in [2.75, 3.05) is 44.6 Å². The molecule has 0 aromatic heterocycles. The van der Waals surface area contributed by atoms with E-state index < -0.39 is 0 Å². The third kappa shape index (κ3) is 5.55. The second kappa shape index (κ2) is 9.32. The molecule has 0 bridgehead atoms. The molecule has 0 atom stereocenters. The summed E-state index contributed by atoms with van der Waals surface area (Å²) in [5.74, 6) is 0.0664. The number of anilines is 1. The third-order valence-electron chi connectivity index (χ3n) is 4.72. The van der Waals surface area contributed by atoms with Crippen LogP contribution in [0.3, 0.4) is 0 Å². The first-order valence-electron chi connectivity index (χ1n) is 9.22. The van der Waals surface area contributed by atoms with E-state index in [1.165, 1.54) is 5.56 Å². The van der Waals surface area contributed by atoms with Crippen LogP contribution in [-0.4, -0.2) is 55.0 Å². The van der Waals surface area contributed by atoms with E-state index in [1.54, 1.807) is 0 Å². The molecule has 2 aromatic rings. The van der Waals surface area contributed by atoms with Crippen LogP contribution >= 0.6 is 0 Å². The van der Waals surface area contributed by atoms with Crippen molar-refractivity contribution in [3.63, 3.8) is 0 Å². The molecule has 1 aliphatic rings. The van der Waals surface area contributed by atoms with E-state index in [9.17, 15) is 4.79 Å². The maximum Gasteiger partial charge on any atom is 0.238 e. The summed E-state index contributed by atoms with van der Waals surface area (Å²) in [6, 6.07) is 18.3. The van der Waals surface area contributed by atoms with Gasteiger partial charge in [0.1, 0.15) is 0 Å². The number of benzene rings is 2. The molecule has 0 radical (unpaired) electrons. The zero-order valence-electron chi connectivity index (χ0n) is 15.4. The Kier molecular flexibility index (Phi) is 6.58. The highest BCUT2D eigenvalue weighted by Crippen LogP contribution is 2.13. The second-order valence-corrected chi connectivity index (χ2v) is 6.75. The van der Waals surface area contributed by atoms with Crippen molar-refractivity contribution >= 4 is 17.7 Å². The minimum atomic E-state index is 0.0664. The average Bonchev–Trinajstić information content (AvgIpc) is 2.66. The highest BCUT2D eigenvalue weighted by molar-refractivity contribution is 5.92. The van der Waals surface area contributed by atoms with Crippen LogP contribution < -0.4 is 5.32 Å². The van der Waals surface area contributed by atoms with Gasteiger partial charge in [0.25, 0.3) is 0 Å². The van der Waals surface area contributed by atoms with Crippen LogP contribution in [0.25, 0.3) is 6.08 Å². The number of carbonyl (C=O) groups is 1. The number of aryl methyl sites for hydroxylation is 1. The minimum Gasteiger partial charge on any atom is -0.325 e. The van der Waals surface area contributed by atoms with Gasteiger partial charge in [0.15, 0.2) is 0 Å². The van der Waals surface area contributed by atoms with Crippen molar-refractivity contribution in [2.45, 2.75) is 6.92 Å². The van der Waals surface area contributed by atoms with Crippen molar-refractivity contribution < 1.29 is 4.79 Å². The molecule has 1 heterocycles. The number of nitrogens with zero attached hydrogens (tertiary/aromatic N) is 2. The van der Waals surface area contributed by atoms with Crippen LogP contribution in [-0.2, 0) is 4.79 Å². The molecule has 1 N–H and O–H groups in total. The third-order valence-corrected chi connectivity index (χ3v) is 4.72. The SMILES string of the molecule is Cc1ccccc1NC(=O)CN1CCN(C/C=C/c2ccccc2)CC1. The predicted octanol–water partition coefficient (Wildman–Crippen LogP) is 3.26. The number of nitrogens with one attached hydrogen (secondary N) is 1. The first-order chi connectivity index (χ1) is 12.7. The number of para-hydroxylation sites is 1. The van der Waals surface area contributed by atoms with E-state index in [1.807, 2.05) is 37.3 Å². The van der Waals surface area contributed by atoms with Crippen molar-refractivity contribution in [1.29, 1.82) is 0 Å². The molecule has 1 fully saturated rings. The normalized spacial score (nSPS) is 16.0. The van der Waals surface area contributed by atoms with Crippen LogP contribution in [0, 0.1) is 6.92 Å². The van der Waals surface area contributed by atoms with E-state index in [0.717, 1.165) is 44.0 Å². The van der Waals surface area contributed by atoms with E-state index in [4.69, 9.17) is 0 Å². The number of hydrogen-bond donors (Lipinski definition) is 1. The van der Waals surface area contributed by atoms with Gasteiger partial charge in [0.2, 0.25) is 5.91 Å². The van der Waals surface area contributed by atoms with Gasteiger partial charge in [0.05, 0.1) is 6.54 Å². The Morgan fingerprint density at radius 3 is 2.35 bits per heavy atom. The Morgan fingerprint density at radius 1 is 0.962 bits per heavy atom. The lowest BCUT2D eigenvalue weighted by Crippen LogP contribution is -2.48. The van der Waals surface area contributed by atoms with Crippen LogP contribution in [0.4, 0.5) is 5.69 Å². The summed E-state index contributed by atoms with van der Waals surface area (Å²) in [6.07, 6.45) is 4.39. The van der Waals surface area contributed by atoms with Crippen molar-refractivity contribution in [1.82, 2.24) is 9.80 Å². The molecule has 3 rings (SSSR count). The summed E-state index contributed by atoms with van der Waals surface area (Å²) in [4.78, 5) is 16.9. The van der Waals surface area contributed by atoms with Crippen LogP contribution in [0.2, 0.25) is 0 Å². The highest BCUT2D eigenvalue weighted by Gasteiger charge is 2.18. The number of piperazine rings is 1. The second-order valence-electron chi connectivity index (χ2n) is 6.75. The van der Waals surface area contributed by atoms with Gasteiger partial charge in [-0.1, -0.05) is 60.7 Å². The van der Waals surface area contributed by atoms with E-state index >= 15 is 0 Å². The lowest BCUT2D eigenvalue weighted by molar-refractivity contribution is -0.117. The molecule has 4 nitrogen and oxygen atoms in total. The molecule has 136 valence electrons. The Bertz CT molecular complexity index is 734. The Hall–Kier alpha value is -2.43. The molecule has 1 saturated heterocycles. The maximum atomic E-state index is 12.3. The zero-order valence-corrected chi connectivity index (χ0v) is 15.4. The van der Waals surface area contributed by atoms with Crippen molar-refractivity contribution in [2.24, 2.45) is 0 Å². The minimum absolute atomic E-state index is 0.0664. The fourth-order valence-corrected chi connectivity index (χ4v) is 3.14. The molecule has 0 unspecified atom stereocenters. The molecule has 1 amide bonds. The average molecular weight is 349 g/mol. The molecule has 0 saturated carbocycles. The molecular formula is C22H27N3O. The summed E-state index contributed by atoms with van der Waals surface area (Å²) >= 11 is 0. The van der Waals surface area contributed by atoms with Gasteiger partial charge in [-0.05, 0) is 24.1 Å². The summed E-state index contributed by atoms with van der Waals surface area (Å²) < 4.78 is 0. The summed E-state index contributed by atoms with van der Waals surface area (Å²) in [5.41, 5.74) is 3.23. The van der Waals surface area contributed by atoms with Gasteiger partial charge in [-0.15, -0.1) is 0 Å². The van der Waals surface area contributed by atoms with Crippen molar-refractivity contribution in [3.8, 4) is 0 Å². The molecular weight excluding hydrogens is 322 g/mol. The lowest BCUT2D eigenvalue weighted by atomic mass is 10.2. The number of rotatable bonds is 6. The molecule has 0 aliphatic carbocycles. The Balaban J connectivity index is 1.39. The topological polar surface area (TPSA) is 35.6 Å². The Labute approximate surface area is 156 Å². The molecule has 26 heavy (non-hydrogen) atoms. The van der Waals surface area contributed by atoms with E-state index in [-0.39, 0.29) is 5.91 Å². The highest BCUT2D eigenvalue weighted by atomic mass is 16.2. The standard InChI is InChI=1S/C22H27N3O/c1-19-8-5-6-12-21(19)23-22(26)18-25-16-14-24(15-17-25)13-7-11-20-9-3-2-4-10-20/h2-12H,13-18H2,1H3,(H,23,26)/b11-7+. The monoisotopic (exact) mass is 349 g/mol. The quantitative estimate of drug-likeness (QED) is 0.869. The first kappa shape index (κ1) is 18.4. The maximum absolute atomic E-state index is 12.3.